The minimum absolute atomic E-state index is 0.0949. The summed E-state index contributed by atoms with van der Waals surface area (Å²) in [6, 6.07) is 23.8. The molecule has 0 bridgehead atoms. The van der Waals surface area contributed by atoms with Crippen molar-refractivity contribution in [1.82, 2.24) is 0 Å². The highest BCUT2D eigenvalue weighted by atomic mass is 16.5. The first-order chi connectivity index (χ1) is 14.6. The third-order valence-electron chi connectivity index (χ3n) is 4.44. The molecule has 2 N–H and O–H groups in total. The zero-order chi connectivity index (χ0) is 21.3. The monoisotopic (exact) mass is 403 g/mol. The molecule has 0 radical (unpaired) electrons. The zero-order valence-electron chi connectivity index (χ0n) is 17.1. The summed E-state index contributed by atoms with van der Waals surface area (Å²) < 4.78 is 5.46. The van der Waals surface area contributed by atoms with Gasteiger partial charge in [-0.15, -0.1) is 0 Å². The lowest BCUT2D eigenvalue weighted by Gasteiger charge is -2.17. The average molecular weight is 403 g/mol. The number of nitrogens with one attached hydrogen (secondary N) is 2. The van der Waals surface area contributed by atoms with Gasteiger partial charge in [-0.25, -0.2) is 0 Å². The molecular formula is C24H25N3O3. The highest BCUT2D eigenvalue weighted by Crippen LogP contribution is 2.19. The fourth-order valence-electron chi connectivity index (χ4n) is 2.94. The second-order valence-corrected chi connectivity index (χ2v) is 6.64. The Labute approximate surface area is 176 Å². The number of rotatable bonds is 8. The Bertz CT molecular complexity index is 1010. The Morgan fingerprint density at radius 1 is 0.900 bits per heavy atom. The molecule has 0 atom stereocenters. The van der Waals surface area contributed by atoms with Crippen molar-refractivity contribution in [3.8, 4) is 5.75 Å². The van der Waals surface area contributed by atoms with Gasteiger partial charge in [-0.3, -0.25) is 9.59 Å². The second-order valence-electron chi connectivity index (χ2n) is 6.64. The van der Waals surface area contributed by atoms with Crippen molar-refractivity contribution in [2.24, 2.45) is 0 Å². The Kier molecular flexibility index (Phi) is 7.05. The number of carbonyl (C=O) groups excluding carboxylic acids is 2. The summed E-state index contributed by atoms with van der Waals surface area (Å²) in [5.41, 5.74) is 2.66. The van der Waals surface area contributed by atoms with Gasteiger partial charge in [0.25, 0.3) is 5.91 Å². The Morgan fingerprint density at radius 2 is 1.63 bits per heavy atom. The fourth-order valence-corrected chi connectivity index (χ4v) is 2.94. The van der Waals surface area contributed by atoms with Crippen molar-refractivity contribution in [2.75, 3.05) is 35.7 Å². The first kappa shape index (κ1) is 20.9. The largest absolute Gasteiger partial charge is 0.494 e. The zero-order valence-corrected chi connectivity index (χ0v) is 17.1. The summed E-state index contributed by atoms with van der Waals surface area (Å²) in [4.78, 5) is 26.7. The molecule has 0 unspecified atom stereocenters. The highest BCUT2D eigenvalue weighted by molar-refractivity contribution is 6.06. The van der Waals surface area contributed by atoms with Gasteiger partial charge in [-0.1, -0.05) is 30.3 Å². The van der Waals surface area contributed by atoms with Gasteiger partial charge < -0.3 is 20.3 Å². The molecule has 3 aromatic rings. The number of para-hydroxylation sites is 1. The number of hydrogen-bond donors (Lipinski definition) is 2. The van der Waals surface area contributed by atoms with Gasteiger partial charge in [0.15, 0.2) is 0 Å². The van der Waals surface area contributed by atoms with E-state index in [1.54, 1.807) is 36.2 Å². The van der Waals surface area contributed by atoms with E-state index in [2.05, 4.69) is 10.6 Å². The maximum Gasteiger partial charge on any atom is 0.258 e. The van der Waals surface area contributed by atoms with Gasteiger partial charge in [0.1, 0.15) is 5.75 Å². The molecule has 0 aromatic heterocycles. The number of amides is 2. The van der Waals surface area contributed by atoms with E-state index >= 15 is 0 Å². The van der Waals surface area contributed by atoms with Crippen LogP contribution in [0, 0.1) is 0 Å². The van der Waals surface area contributed by atoms with Crippen molar-refractivity contribution in [3.05, 3.63) is 84.4 Å². The van der Waals surface area contributed by atoms with Crippen LogP contribution >= 0.6 is 0 Å². The van der Waals surface area contributed by atoms with E-state index in [0.717, 1.165) is 17.1 Å². The van der Waals surface area contributed by atoms with Crippen LogP contribution in [0.3, 0.4) is 0 Å². The van der Waals surface area contributed by atoms with Crippen LogP contribution in [0.1, 0.15) is 17.3 Å². The van der Waals surface area contributed by atoms with E-state index in [-0.39, 0.29) is 18.4 Å². The molecule has 6 heteroatoms. The molecule has 6 nitrogen and oxygen atoms in total. The van der Waals surface area contributed by atoms with Crippen molar-refractivity contribution >= 4 is 28.9 Å². The van der Waals surface area contributed by atoms with Gasteiger partial charge >= 0.3 is 0 Å². The quantitative estimate of drug-likeness (QED) is 0.584. The molecule has 3 aromatic carbocycles. The Morgan fingerprint density at radius 3 is 2.40 bits per heavy atom. The van der Waals surface area contributed by atoms with Gasteiger partial charge in [-0.2, -0.15) is 0 Å². The van der Waals surface area contributed by atoms with Crippen LogP contribution in [0.25, 0.3) is 0 Å². The molecule has 0 saturated heterocycles. The van der Waals surface area contributed by atoms with Crippen LogP contribution in [0.4, 0.5) is 17.1 Å². The smallest absolute Gasteiger partial charge is 0.258 e. The minimum Gasteiger partial charge on any atom is -0.494 e. The summed E-state index contributed by atoms with van der Waals surface area (Å²) in [6.45, 7) is 2.60. The van der Waals surface area contributed by atoms with E-state index in [1.807, 2.05) is 61.5 Å². The Hall–Kier alpha value is -3.80. The predicted octanol–water partition coefficient (Wildman–Crippen LogP) is 4.41. The number of nitrogens with zero attached hydrogens (tertiary/aromatic N) is 1. The van der Waals surface area contributed by atoms with Crippen LogP contribution in [0.15, 0.2) is 78.9 Å². The summed E-state index contributed by atoms with van der Waals surface area (Å²) in [7, 11) is 1.73. The van der Waals surface area contributed by atoms with Crippen molar-refractivity contribution in [2.45, 2.75) is 6.92 Å². The molecule has 2 amide bonds. The number of anilines is 3. The normalized spacial score (nSPS) is 10.2. The van der Waals surface area contributed by atoms with Crippen molar-refractivity contribution in [3.63, 3.8) is 0 Å². The summed E-state index contributed by atoms with van der Waals surface area (Å²) >= 11 is 0. The molecule has 0 aliphatic heterocycles. The van der Waals surface area contributed by atoms with E-state index in [4.69, 9.17) is 4.74 Å². The summed E-state index contributed by atoms with van der Waals surface area (Å²) in [5, 5.41) is 5.90. The first-order valence-corrected chi connectivity index (χ1v) is 9.76. The maximum atomic E-state index is 12.8. The van der Waals surface area contributed by atoms with Gasteiger partial charge in [0.05, 0.1) is 13.2 Å². The van der Waals surface area contributed by atoms with Gasteiger partial charge in [0.2, 0.25) is 5.91 Å². The molecule has 0 spiro atoms. The molecule has 0 heterocycles. The third kappa shape index (κ3) is 5.61. The standard InChI is InChI=1S/C24H25N3O3/c1-3-30-22-14-8-10-19(16-22)25-17-23(28)26-20-11-7-9-18(15-20)24(29)27(2)21-12-5-4-6-13-21/h4-16,25H,3,17H2,1-2H3,(H,26,28). The van der Waals surface area contributed by atoms with Crippen LogP contribution in [-0.2, 0) is 4.79 Å². The number of carbonyl (C=O) groups is 2. The van der Waals surface area contributed by atoms with Crippen molar-refractivity contribution in [1.29, 1.82) is 0 Å². The first-order valence-electron chi connectivity index (χ1n) is 9.76. The predicted molar refractivity (Wildman–Crippen MR) is 120 cm³/mol. The van der Waals surface area contributed by atoms with E-state index in [0.29, 0.717) is 17.9 Å². The van der Waals surface area contributed by atoms with Crippen molar-refractivity contribution < 1.29 is 14.3 Å². The molecule has 0 saturated carbocycles. The molecular weight excluding hydrogens is 378 g/mol. The van der Waals surface area contributed by atoms with Crippen LogP contribution in [-0.4, -0.2) is 32.0 Å². The number of ether oxygens (including phenoxy) is 1. The minimum atomic E-state index is -0.210. The topological polar surface area (TPSA) is 70.7 Å². The summed E-state index contributed by atoms with van der Waals surface area (Å²) in [5.74, 6) is 0.387. The van der Waals surface area contributed by atoms with Gasteiger partial charge in [0, 0.05) is 35.7 Å². The lowest BCUT2D eigenvalue weighted by molar-refractivity contribution is -0.114. The fraction of sp³-hybridized carbons (Fsp3) is 0.167. The highest BCUT2D eigenvalue weighted by Gasteiger charge is 2.14. The lowest BCUT2D eigenvalue weighted by Crippen LogP contribution is -2.26. The van der Waals surface area contributed by atoms with Crippen LogP contribution in [0.5, 0.6) is 5.75 Å². The molecule has 0 aliphatic rings. The molecule has 3 rings (SSSR count). The van der Waals surface area contributed by atoms with Gasteiger partial charge in [-0.05, 0) is 49.4 Å². The maximum absolute atomic E-state index is 12.8. The van der Waals surface area contributed by atoms with E-state index in [1.165, 1.54) is 0 Å². The van der Waals surface area contributed by atoms with E-state index < -0.39 is 0 Å². The second kappa shape index (κ2) is 10.1. The van der Waals surface area contributed by atoms with Crippen LogP contribution in [0.2, 0.25) is 0 Å². The number of benzene rings is 3. The molecule has 0 fully saturated rings. The lowest BCUT2D eigenvalue weighted by atomic mass is 10.1. The number of hydrogen-bond acceptors (Lipinski definition) is 4. The SMILES string of the molecule is CCOc1cccc(NCC(=O)Nc2cccc(C(=O)N(C)c3ccccc3)c2)c1. The summed E-state index contributed by atoms with van der Waals surface area (Å²) in [6.07, 6.45) is 0. The molecule has 0 aliphatic carbocycles. The average Bonchev–Trinajstić information content (AvgIpc) is 2.78. The van der Waals surface area contributed by atoms with E-state index in [9.17, 15) is 9.59 Å². The molecule has 154 valence electrons. The van der Waals surface area contributed by atoms with Crippen LogP contribution < -0.4 is 20.3 Å². The third-order valence-corrected chi connectivity index (χ3v) is 4.44. The molecule has 30 heavy (non-hydrogen) atoms. The Balaban J connectivity index is 1.60.